The van der Waals surface area contributed by atoms with Crippen molar-refractivity contribution in [2.24, 2.45) is 0 Å². The lowest BCUT2D eigenvalue weighted by Gasteiger charge is -2.16. The van der Waals surface area contributed by atoms with E-state index < -0.39 is 0 Å². The minimum absolute atomic E-state index is 0.115. The van der Waals surface area contributed by atoms with Gasteiger partial charge in [0.15, 0.2) is 0 Å². The molecule has 0 atom stereocenters. The number of thiophene rings is 1. The molecular formula is C12H13BrN2O2S. The SMILES string of the molecule is CN(Cc1ccc(Br)s1)C(=O)NCc1ccco1. The van der Waals surface area contributed by atoms with Gasteiger partial charge in [-0.3, -0.25) is 0 Å². The van der Waals surface area contributed by atoms with Gasteiger partial charge in [-0.15, -0.1) is 11.3 Å². The van der Waals surface area contributed by atoms with Crippen molar-refractivity contribution < 1.29 is 9.21 Å². The third-order valence-corrected chi connectivity index (χ3v) is 3.97. The van der Waals surface area contributed by atoms with E-state index in [4.69, 9.17) is 4.42 Å². The van der Waals surface area contributed by atoms with Gasteiger partial charge in [-0.05, 0) is 40.2 Å². The summed E-state index contributed by atoms with van der Waals surface area (Å²) in [6.45, 7) is 1.00. The second kappa shape index (κ2) is 6.06. The van der Waals surface area contributed by atoms with Crippen molar-refractivity contribution in [3.8, 4) is 0 Å². The lowest BCUT2D eigenvalue weighted by atomic mass is 10.4. The Hall–Kier alpha value is -1.27. The highest BCUT2D eigenvalue weighted by Gasteiger charge is 2.10. The molecule has 0 aliphatic carbocycles. The molecule has 0 spiro atoms. The van der Waals surface area contributed by atoms with Crippen LogP contribution >= 0.6 is 27.3 Å². The van der Waals surface area contributed by atoms with Gasteiger partial charge in [0.1, 0.15) is 5.76 Å². The molecule has 2 amide bonds. The lowest BCUT2D eigenvalue weighted by molar-refractivity contribution is 0.206. The number of nitrogens with one attached hydrogen (secondary N) is 1. The summed E-state index contributed by atoms with van der Waals surface area (Å²) < 4.78 is 6.22. The fraction of sp³-hybridized carbons (Fsp3) is 0.250. The first kappa shape index (κ1) is 13.2. The smallest absolute Gasteiger partial charge is 0.317 e. The molecular weight excluding hydrogens is 316 g/mol. The van der Waals surface area contributed by atoms with E-state index in [1.807, 2.05) is 18.2 Å². The summed E-state index contributed by atoms with van der Waals surface area (Å²) in [4.78, 5) is 14.6. The maximum atomic E-state index is 11.8. The van der Waals surface area contributed by atoms with Gasteiger partial charge in [0, 0.05) is 11.9 Å². The van der Waals surface area contributed by atoms with E-state index in [1.165, 1.54) is 0 Å². The van der Waals surface area contributed by atoms with Crippen LogP contribution < -0.4 is 5.32 Å². The number of hydrogen-bond acceptors (Lipinski definition) is 3. The summed E-state index contributed by atoms with van der Waals surface area (Å²) in [7, 11) is 1.77. The summed E-state index contributed by atoms with van der Waals surface area (Å²) in [6, 6.07) is 7.50. The van der Waals surface area contributed by atoms with Crippen LogP contribution in [0.2, 0.25) is 0 Å². The standard InChI is InChI=1S/C12H13BrN2O2S/c1-15(8-10-4-5-11(13)18-10)12(16)14-7-9-3-2-6-17-9/h2-6H,7-8H2,1H3,(H,14,16). The number of urea groups is 1. The molecule has 2 aromatic heterocycles. The molecule has 2 heterocycles. The number of carbonyl (C=O) groups is 1. The van der Waals surface area contributed by atoms with E-state index in [-0.39, 0.29) is 6.03 Å². The fourth-order valence-corrected chi connectivity index (χ4v) is 2.99. The highest BCUT2D eigenvalue weighted by atomic mass is 79.9. The predicted octanol–water partition coefficient (Wildman–Crippen LogP) is 3.45. The largest absolute Gasteiger partial charge is 0.467 e. The molecule has 96 valence electrons. The second-order valence-electron chi connectivity index (χ2n) is 3.80. The number of carbonyl (C=O) groups excluding carboxylic acids is 1. The van der Waals surface area contributed by atoms with E-state index in [1.54, 1.807) is 35.6 Å². The van der Waals surface area contributed by atoms with E-state index >= 15 is 0 Å². The van der Waals surface area contributed by atoms with Gasteiger partial charge in [-0.1, -0.05) is 0 Å². The number of amides is 2. The van der Waals surface area contributed by atoms with Crippen molar-refractivity contribution in [3.63, 3.8) is 0 Å². The van der Waals surface area contributed by atoms with Crippen molar-refractivity contribution in [1.29, 1.82) is 0 Å². The van der Waals surface area contributed by atoms with Crippen LogP contribution in [-0.4, -0.2) is 18.0 Å². The summed E-state index contributed by atoms with van der Waals surface area (Å²) in [6.07, 6.45) is 1.59. The minimum Gasteiger partial charge on any atom is -0.467 e. The van der Waals surface area contributed by atoms with Gasteiger partial charge in [0.25, 0.3) is 0 Å². The maximum Gasteiger partial charge on any atom is 0.317 e. The number of hydrogen-bond donors (Lipinski definition) is 1. The lowest BCUT2D eigenvalue weighted by Crippen LogP contribution is -2.36. The van der Waals surface area contributed by atoms with Crippen LogP contribution in [-0.2, 0) is 13.1 Å². The fourth-order valence-electron chi connectivity index (χ4n) is 1.45. The number of nitrogens with zero attached hydrogens (tertiary/aromatic N) is 1. The molecule has 18 heavy (non-hydrogen) atoms. The van der Waals surface area contributed by atoms with E-state index in [2.05, 4.69) is 21.2 Å². The molecule has 6 heteroatoms. The molecule has 2 rings (SSSR count). The third kappa shape index (κ3) is 3.61. The molecule has 0 aromatic carbocycles. The van der Waals surface area contributed by atoms with Crippen LogP contribution in [0.25, 0.3) is 0 Å². The van der Waals surface area contributed by atoms with Crippen LogP contribution in [0.4, 0.5) is 4.79 Å². The van der Waals surface area contributed by atoms with Crippen molar-refractivity contribution in [1.82, 2.24) is 10.2 Å². The van der Waals surface area contributed by atoms with Crippen LogP contribution in [0.1, 0.15) is 10.6 Å². The molecule has 0 bridgehead atoms. The summed E-state index contributed by atoms with van der Waals surface area (Å²) in [5, 5.41) is 2.80. The zero-order chi connectivity index (χ0) is 13.0. The predicted molar refractivity (Wildman–Crippen MR) is 74.4 cm³/mol. The van der Waals surface area contributed by atoms with Crippen LogP contribution in [0.5, 0.6) is 0 Å². The molecule has 0 saturated heterocycles. The number of halogens is 1. The molecule has 0 fully saturated rings. The van der Waals surface area contributed by atoms with E-state index in [9.17, 15) is 4.79 Å². The Labute approximate surface area is 118 Å². The van der Waals surface area contributed by atoms with E-state index in [0.29, 0.717) is 13.1 Å². The Kier molecular flexibility index (Phi) is 4.43. The summed E-state index contributed by atoms with van der Waals surface area (Å²) in [5.74, 6) is 0.746. The molecule has 1 N–H and O–H groups in total. The second-order valence-corrected chi connectivity index (χ2v) is 6.35. The first-order chi connectivity index (χ1) is 8.65. The van der Waals surface area contributed by atoms with Gasteiger partial charge in [-0.25, -0.2) is 4.79 Å². The average molecular weight is 329 g/mol. The molecule has 2 aromatic rings. The highest BCUT2D eigenvalue weighted by Crippen LogP contribution is 2.22. The van der Waals surface area contributed by atoms with Gasteiger partial charge in [0.05, 0.1) is 23.1 Å². The molecule has 0 aliphatic heterocycles. The van der Waals surface area contributed by atoms with Crippen LogP contribution in [0.3, 0.4) is 0 Å². The van der Waals surface area contributed by atoms with Gasteiger partial charge >= 0.3 is 6.03 Å². The van der Waals surface area contributed by atoms with Crippen LogP contribution in [0, 0.1) is 0 Å². The number of furan rings is 1. The summed E-state index contributed by atoms with van der Waals surface area (Å²) in [5.41, 5.74) is 0. The Morgan fingerprint density at radius 1 is 1.50 bits per heavy atom. The Morgan fingerprint density at radius 3 is 2.94 bits per heavy atom. The van der Waals surface area contributed by atoms with Crippen molar-refractivity contribution in [2.75, 3.05) is 7.05 Å². The maximum absolute atomic E-state index is 11.8. The molecule has 0 unspecified atom stereocenters. The molecule has 0 saturated carbocycles. The van der Waals surface area contributed by atoms with Crippen molar-refractivity contribution in [2.45, 2.75) is 13.1 Å². The van der Waals surface area contributed by atoms with Gasteiger partial charge in [-0.2, -0.15) is 0 Å². The van der Waals surface area contributed by atoms with Gasteiger partial charge < -0.3 is 14.6 Å². The minimum atomic E-state index is -0.115. The van der Waals surface area contributed by atoms with Crippen molar-refractivity contribution in [3.05, 3.63) is 45.0 Å². The number of rotatable bonds is 4. The quantitative estimate of drug-likeness (QED) is 0.934. The highest BCUT2D eigenvalue weighted by molar-refractivity contribution is 9.11. The van der Waals surface area contributed by atoms with E-state index in [0.717, 1.165) is 14.4 Å². The molecule has 0 radical (unpaired) electrons. The third-order valence-electron chi connectivity index (χ3n) is 2.36. The molecule has 0 aliphatic rings. The Balaban J connectivity index is 1.81. The molecule has 4 nitrogen and oxygen atoms in total. The van der Waals surface area contributed by atoms with Crippen LogP contribution in [0.15, 0.2) is 38.7 Å². The first-order valence-electron chi connectivity index (χ1n) is 5.40. The van der Waals surface area contributed by atoms with Gasteiger partial charge in [0.2, 0.25) is 0 Å². The first-order valence-corrected chi connectivity index (χ1v) is 7.01. The Morgan fingerprint density at radius 2 is 2.33 bits per heavy atom. The summed E-state index contributed by atoms with van der Waals surface area (Å²) >= 11 is 5.03. The average Bonchev–Trinajstić information content (AvgIpc) is 2.97. The Bertz CT molecular complexity index is 510. The zero-order valence-corrected chi connectivity index (χ0v) is 12.3. The zero-order valence-electron chi connectivity index (χ0n) is 9.85. The monoisotopic (exact) mass is 328 g/mol. The van der Waals surface area contributed by atoms with Crippen molar-refractivity contribution >= 4 is 33.3 Å². The topological polar surface area (TPSA) is 45.5 Å². The normalized spacial score (nSPS) is 10.3.